The Labute approximate surface area is 90.0 Å². The molecule has 0 aromatic heterocycles. The molecule has 1 fully saturated rings. The van der Waals surface area contributed by atoms with Crippen LogP contribution in [0.2, 0.25) is 0 Å². The van der Waals surface area contributed by atoms with E-state index in [0.717, 1.165) is 0 Å². The zero-order valence-corrected chi connectivity index (χ0v) is 9.54. The van der Waals surface area contributed by atoms with Gasteiger partial charge in [-0.25, -0.2) is 5.84 Å². The van der Waals surface area contributed by atoms with E-state index in [1.807, 2.05) is 5.43 Å². The lowest BCUT2D eigenvalue weighted by Gasteiger charge is -2.26. The van der Waals surface area contributed by atoms with Gasteiger partial charge in [-0.2, -0.15) is 0 Å². The number of hydrogen-bond acceptors (Lipinski definition) is 3. The van der Waals surface area contributed by atoms with Crippen molar-refractivity contribution in [2.45, 2.75) is 27.2 Å². The van der Waals surface area contributed by atoms with Crippen LogP contribution in [0.15, 0.2) is 0 Å². The molecule has 0 saturated carbocycles. The Morgan fingerprint density at radius 1 is 1.60 bits per heavy atom. The van der Waals surface area contributed by atoms with Gasteiger partial charge in [-0.1, -0.05) is 20.8 Å². The number of amides is 2. The molecule has 0 aliphatic carbocycles. The number of nitrogens with one attached hydrogen (secondary N) is 1. The summed E-state index contributed by atoms with van der Waals surface area (Å²) in [5.41, 5.74) is 2.13. The van der Waals surface area contributed by atoms with Crippen LogP contribution in [-0.4, -0.2) is 29.8 Å². The highest BCUT2D eigenvalue weighted by atomic mass is 16.2. The van der Waals surface area contributed by atoms with E-state index in [1.165, 1.54) is 0 Å². The first-order chi connectivity index (χ1) is 6.84. The standard InChI is InChI=1S/C10H19N3O2/c1-10(2,3)7-4-9(15)13(5-7)6-8(14)12-11/h7H,4-6,11H2,1-3H3,(H,12,14). The summed E-state index contributed by atoms with van der Waals surface area (Å²) in [6.45, 7) is 7.05. The maximum absolute atomic E-state index is 11.6. The number of hydrogen-bond donors (Lipinski definition) is 2. The Morgan fingerprint density at radius 2 is 2.20 bits per heavy atom. The number of rotatable bonds is 2. The van der Waals surface area contributed by atoms with Crippen LogP contribution in [0, 0.1) is 11.3 Å². The minimum absolute atomic E-state index is 0.0403. The summed E-state index contributed by atoms with van der Waals surface area (Å²) < 4.78 is 0. The number of likely N-dealkylation sites (tertiary alicyclic amines) is 1. The lowest BCUT2D eigenvalue weighted by molar-refractivity contribution is -0.133. The third kappa shape index (κ3) is 2.92. The molecule has 0 aromatic rings. The zero-order chi connectivity index (χ0) is 11.6. The maximum atomic E-state index is 11.6. The molecule has 86 valence electrons. The van der Waals surface area contributed by atoms with Gasteiger partial charge in [0, 0.05) is 13.0 Å². The molecule has 1 aliphatic heterocycles. The second-order valence-electron chi connectivity index (χ2n) is 5.11. The first kappa shape index (κ1) is 12.0. The van der Waals surface area contributed by atoms with E-state index < -0.39 is 0 Å². The third-order valence-corrected chi connectivity index (χ3v) is 2.93. The van der Waals surface area contributed by atoms with E-state index >= 15 is 0 Å². The SMILES string of the molecule is CC(C)(C)C1CC(=O)N(CC(=O)NN)C1. The number of carbonyl (C=O) groups excluding carboxylic acids is 2. The molecule has 1 heterocycles. The van der Waals surface area contributed by atoms with Crippen LogP contribution in [0.5, 0.6) is 0 Å². The first-order valence-electron chi connectivity index (χ1n) is 5.12. The van der Waals surface area contributed by atoms with Crippen molar-refractivity contribution in [3.05, 3.63) is 0 Å². The van der Waals surface area contributed by atoms with Crippen molar-refractivity contribution in [2.24, 2.45) is 17.2 Å². The number of nitrogens with zero attached hydrogens (tertiary/aromatic N) is 1. The Bertz CT molecular complexity index is 270. The Kier molecular flexibility index (Phi) is 3.34. The van der Waals surface area contributed by atoms with Crippen LogP contribution >= 0.6 is 0 Å². The highest BCUT2D eigenvalue weighted by Crippen LogP contribution is 2.33. The second kappa shape index (κ2) is 4.18. The summed E-state index contributed by atoms with van der Waals surface area (Å²) in [6.07, 6.45) is 0.529. The lowest BCUT2D eigenvalue weighted by atomic mass is 9.80. The third-order valence-electron chi connectivity index (χ3n) is 2.93. The minimum atomic E-state index is -0.321. The van der Waals surface area contributed by atoms with Gasteiger partial charge in [0.1, 0.15) is 6.54 Å². The molecular weight excluding hydrogens is 194 g/mol. The normalized spacial score (nSPS) is 22.0. The van der Waals surface area contributed by atoms with Gasteiger partial charge in [0.15, 0.2) is 0 Å². The molecular formula is C10H19N3O2. The molecule has 1 saturated heterocycles. The molecule has 2 amide bonds. The molecule has 0 radical (unpaired) electrons. The van der Waals surface area contributed by atoms with Crippen molar-refractivity contribution in [3.63, 3.8) is 0 Å². The monoisotopic (exact) mass is 213 g/mol. The van der Waals surface area contributed by atoms with Crippen molar-refractivity contribution in [1.82, 2.24) is 10.3 Å². The predicted octanol–water partition coefficient (Wildman–Crippen LogP) is -0.129. The lowest BCUT2D eigenvalue weighted by Crippen LogP contribution is -2.41. The molecule has 1 rings (SSSR count). The van der Waals surface area contributed by atoms with Crippen LogP contribution in [0.3, 0.4) is 0 Å². The van der Waals surface area contributed by atoms with Crippen LogP contribution < -0.4 is 11.3 Å². The Balaban J connectivity index is 2.57. The van der Waals surface area contributed by atoms with Gasteiger partial charge in [-0.3, -0.25) is 15.0 Å². The molecule has 15 heavy (non-hydrogen) atoms. The molecule has 3 N–H and O–H groups in total. The highest BCUT2D eigenvalue weighted by molar-refractivity contribution is 5.85. The topological polar surface area (TPSA) is 75.4 Å². The van der Waals surface area contributed by atoms with E-state index in [1.54, 1.807) is 4.90 Å². The number of nitrogens with two attached hydrogens (primary N) is 1. The fourth-order valence-electron chi connectivity index (χ4n) is 1.72. The van der Waals surface area contributed by atoms with Gasteiger partial charge in [0.25, 0.3) is 5.91 Å². The average molecular weight is 213 g/mol. The van der Waals surface area contributed by atoms with Crippen LogP contribution in [-0.2, 0) is 9.59 Å². The fourth-order valence-corrected chi connectivity index (χ4v) is 1.72. The predicted molar refractivity (Wildman–Crippen MR) is 56.5 cm³/mol. The Hall–Kier alpha value is -1.10. The van der Waals surface area contributed by atoms with Crippen molar-refractivity contribution in [3.8, 4) is 0 Å². The van der Waals surface area contributed by atoms with Crippen molar-refractivity contribution in [2.75, 3.05) is 13.1 Å². The summed E-state index contributed by atoms with van der Waals surface area (Å²) in [7, 11) is 0. The smallest absolute Gasteiger partial charge is 0.253 e. The summed E-state index contributed by atoms with van der Waals surface area (Å²) in [5, 5.41) is 0. The van der Waals surface area contributed by atoms with Crippen LogP contribution in [0.25, 0.3) is 0 Å². The molecule has 5 nitrogen and oxygen atoms in total. The van der Waals surface area contributed by atoms with E-state index in [4.69, 9.17) is 5.84 Å². The van der Waals surface area contributed by atoms with Gasteiger partial charge in [-0.05, 0) is 11.3 Å². The fraction of sp³-hybridized carbons (Fsp3) is 0.800. The second-order valence-corrected chi connectivity index (χ2v) is 5.11. The van der Waals surface area contributed by atoms with E-state index in [0.29, 0.717) is 18.9 Å². The Morgan fingerprint density at radius 3 is 2.60 bits per heavy atom. The zero-order valence-electron chi connectivity index (χ0n) is 9.54. The number of carbonyl (C=O) groups is 2. The summed E-state index contributed by atoms with van der Waals surface area (Å²) in [4.78, 5) is 24.2. The van der Waals surface area contributed by atoms with Crippen LogP contribution in [0.4, 0.5) is 0 Å². The largest absolute Gasteiger partial charge is 0.333 e. The van der Waals surface area contributed by atoms with E-state index in [2.05, 4.69) is 20.8 Å². The van der Waals surface area contributed by atoms with E-state index in [-0.39, 0.29) is 23.8 Å². The molecule has 5 heteroatoms. The first-order valence-corrected chi connectivity index (χ1v) is 5.12. The summed E-state index contributed by atoms with van der Waals surface area (Å²) >= 11 is 0. The summed E-state index contributed by atoms with van der Waals surface area (Å²) in [5.74, 6) is 5.01. The molecule has 1 aliphatic rings. The van der Waals surface area contributed by atoms with Gasteiger partial charge in [-0.15, -0.1) is 0 Å². The van der Waals surface area contributed by atoms with Gasteiger partial charge in [0.05, 0.1) is 0 Å². The van der Waals surface area contributed by atoms with Crippen LogP contribution in [0.1, 0.15) is 27.2 Å². The maximum Gasteiger partial charge on any atom is 0.253 e. The molecule has 1 unspecified atom stereocenters. The van der Waals surface area contributed by atoms with Crippen molar-refractivity contribution in [1.29, 1.82) is 0 Å². The van der Waals surface area contributed by atoms with Gasteiger partial charge in [0.2, 0.25) is 5.91 Å². The minimum Gasteiger partial charge on any atom is -0.333 e. The quantitative estimate of drug-likeness (QED) is 0.381. The number of hydrazine groups is 1. The van der Waals surface area contributed by atoms with E-state index in [9.17, 15) is 9.59 Å². The molecule has 0 aromatic carbocycles. The van der Waals surface area contributed by atoms with Crippen molar-refractivity contribution >= 4 is 11.8 Å². The highest BCUT2D eigenvalue weighted by Gasteiger charge is 2.37. The molecule has 0 bridgehead atoms. The molecule has 1 atom stereocenters. The van der Waals surface area contributed by atoms with Gasteiger partial charge < -0.3 is 4.90 Å². The van der Waals surface area contributed by atoms with Crippen molar-refractivity contribution < 1.29 is 9.59 Å². The van der Waals surface area contributed by atoms with Gasteiger partial charge >= 0.3 is 0 Å². The average Bonchev–Trinajstić information content (AvgIpc) is 2.47. The summed E-state index contributed by atoms with van der Waals surface area (Å²) in [6, 6.07) is 0. The molecule has 0 spiro atoms.